The van der Waals surface area contributed by atoms with Crippen molar-refractivity contribution >= 4 is 5.91 Å². The number of carbonyl (C=O) groups excluding carboxylic acids is 1. The summed E-state index contributed by atoms with van der Waals surface area (Å²) >= 11 is 0. The Labute approximate surface area is 118 Å². The van der Waals surface area contributed by atoms with E-state index >= 15 is 0 Å². The molecule has 1 amide bonds. The van der Waals surface area contributed by atoms with Gasteiger partial charge in [0.05, 0.1) is 18.8 Å². The number of amides is 1. The van der Waals surface area contributed by atoms with Gasteiger partial charge in [-0.15, -0.1) is 0 Å². The molecule has 1 aromatic rings. The summed E-state index contributed by atoms with van der Waals surface area (Å²) in [6.07, 6.45) is 1.45. The topological polar surface area (TPSA) is 77.7 Å². The Morgan fingerprint density at radius 3 is 3.05 bits per heavy atom. The van der Waals surface area contributed by atoms with Gasteiger partial charge in [0.1, 0.15) is 5.56 Å². The molecule has 6 nitrogen and oxygen atoms in total. The number of aromatic nitrogens is 1. The number of methoxy groups -OCH3 is 1. The molecule has 0 saturated carbocycles. The van der Waals surface area contributed by atoms with Crippen molar-refractivity contribution in [2.75, 3.05) is 26.7 Å². The number of morpholine rings is 1. The van der Waals surface area contributed by atoms with Gasteiger partial charge in [0, 0.05) is 25.8 Å². The van der Waals surface area contributed by atoms with Crippen LogP contribution in [0.25, 0.3) is 0 Å². The van der Waals surface area contributed by atoms with Crippen LogP contribution in [0.3, 0.4) is 0 Å². The summed E-state index contributed by atoms with van der Waals surface area (Å²) in [7, 11) is 1.51. The summed E-state index contributed by atoms with van der Waals surface area (Å²) in [4.78, 5) is 18.5. The zero-order chi connectivity index (χ0) is 14.8. The third kappa shape index (κ3) is 3.08. The van der Waals surface area contributed by atoms with Crippen LogP contribution in [0.1, 0.15) is 24.2 Å². The fourth-order valence-corrected chi connectivity index (χ4v) is 2.46. The van der Waals surface area contributed by atoms with Gasteiger partial charge in [0.25, 0.3) is 5.91 Å². The van der Waals surface area contributed by atoms with Gasteiger partial charge < -0.3 is 20.1 Å². The van der Waals surface area contributed by atoms with Crippen molar-refractivity contribution in [3.63, 3.8) is 0 Å². The Kier molecular flexibility index (Phi) is 4.25. The second kappa shape index (κ2) is 5.76. The van der Waals surface area contributed by atoms with E-state index in [9.17, 15) is 4.79 Å². The van der Waals surface area contributed by atoms with E-state index in [1.807, 2.05) is 13.8 Å². The number of nitrogens with two attached hydrogens (primary N) is 1. The van der Waals surface area contributed by atoms with E-state index in [2.05, 4.69) is 4.98 Å². The highest BCUT2D eigenvalue weighted by molar-refractivity contribution is 5.96. The molecule has 0 spiro atoms. The Balaban J connectivity index is 2.23. The van der Waals surface area contributed by atoms with E-state index in [1.54, 1.807) is 23.2 Å². The molecule has 0 aromatic carbocycles. The molecule has 2 rings (SSSR count). The third-order valence-corrected chi connectivity index (χ3v) is 3.23. The zero-order valence-corrected chi connectivity index (χ0v) is 12.1. The summed E-state index contributed by atoms with van der Waals surface area (Å²) in [5.41, 5.74) is 5.73. The van der Waals surface area contributed by atoms with Crippen LogP contribution in [0.15, 0.2) is 18.3 Å². The van der Waals surface area contributed by atoms with Gasteiger partial charge >= 0.3 is 0 Å². The molecule has 6 heteroatoms. The lowest BCUT2D eigenvalue weighted by Crippen LogP contribution is -2.56. The van der Waals surface area contributed by atoms with Crippen molar-refractivity contribution in [1.29, 1.82) is 0 Å². The molecule has 1 atom stereocenters. The maximum absolute atomic E-state index is 12.6. The lowest BCUT2D eigenvalue weighted by Gasteiger charge is -2.42. The van der Waals surface area contributed by atoms with Gasteiger partial charge in [0.2, 0.25) is 5.88 Å². The molecule has 2 heterocycles. The van der Waals surface area contributed by atoms with Crippen molar-refractivity contribution in [1.82, 2.24) is 9.88 Å². The van der Waals surface area contributed by atoms with Crippen LogP contribution in [0.5, 0.6) is 5.88 Å². The Morgan fingerprint density at radius 1 is 1.65 bits per heavy atom. The average Bonchev–Trinajstić information content (AvgIpc) is 2.44. The first-order valence-electron chi connectivity index (χ1n) is 6.63. The van der Waals surface area contributed by atoms with Crippen molar-refractivity contribution in [3.8, 4) is 5.88 Å². The first-order valence-corrected chi connectivity index (χ1v) is 6.63. The Hall–Kier alpha value is -1.66. The van der Waals surface area contributed by atoms with Crippen molar-refractivity contribution < 1.29 is 14.3 Å². The second-order valence-corrected chi connectivity index (χ2v) is 5.48. The van der Waals surface area contributed by atoms with E-state index in [0.29, 0.717) is 31.1 Å². The first-order chi connectivity index (χ1) is 9.46. The molecule has 1 fully saturated rings. The van der Waals surface area contributed by atoms with Gasteiger partial charge in [-0.2, -0.15) is 0 Å². The summed E-state index contributed by atoms with van der Waals surface area (Å²) in [6.45, 7) is 5.29. The van der Waals surface area contributed by atoms with Crippen LogP contribution >= 0.6 is 0 Å². The van der Waals surface area contributed by atoms with E-state index < -0.39 is 5.60 Å². The molecule has 0 radical (unpaired) electrons. The maximum Gasteiger partial charge on any atom is 0.259 e. The molecular weight excluding hydrogens is 258 g/mol. The quantitative estimate of drug-likeness (QED) is 0.880. The van der Waals surface area contributed by atoms with Gasteiger partial charge in [-0.25, -0.2) is 4.98 Å². The minimum Gasteiger partial charge on any atom is -0.480 e. The van der Waals surface area contributed by atoms with Crippen LogP contribution in [-0.4, -0.2) is 54.2 Å². The van der Waals surface area contributed by atoms with Gasteiger partial charge in [-0.05, 0) is 26.0 Å². The van der Waals surface area contributed by atoms with Crippen LogP contribution in [-0.2, 0) is 4.74 Å². The number of hydrogen-bond acceptors (Lipinski definition) is 5. The molecule has 110 valence electrons. The molecule has 1 saturated heterocycles. The number of pyridine rings is 1. The van der Waals surface area contributed by atoms with E-state index in [1.165, 1.54) is 7.11 Å². The first kappa shape index (κ1) is 14.7. The van der Waals surface area contributed by atoms with Gasteiger partial charge in [0.15, 0.2) is 0 Å². The molecule has 1 aliphatic heterocycles. The fourth-order valence-electron chi connectivity index (χ4n) is 2.46. The number of hydrogen-bond donors (Lipinski definition) is 1. The minimum atomic E-state index is -0.409. The third-order valence-electron chi connectivity index (χ3n) is 3.23. The summed E-state index contributed by atoms with van der Waals surface area (Å²) < 4.78 is 11.0. The summed E-state index contributed by atoms with van der Waals surface area (Å²) in [6, 6.07) is 3.44. The largest absolute Gasteiger partial charge is 0.480 e. The number of carbonyl (C=O) groups is 1. The number of rotatable bonds is 3. The molecule has 1 unspecified atom stereocenters. The van der Waals surface area contributed by atoms with Gasteiger partial charge in [-0.1, -0.05) is 0 Å². The zero-order valence-electron chi connectivity index (χ0n) is 12.1. The summed E-state index contributed by atoms with van der Waals surface area (Å²) in [5.74, 6) is 0.232. The summed E-state index contributed by atoms with van der Waals surface area (Å²) in [5, 5.41) is 0. The predicted molar refractivity (Wildman–Crippen MR) is 74.7 cm³/mol. The lowest BCUT2D eigenvalue weighted by molar-refractivity contribution is -0.122. The SMILES string of the molecule is COc1ncccc1C(=O)N1CC(CN)OC(C)(C)C1. The maximum atomic E-state index is 12.6. The fraction of sp³-hybridized carbons (Fsp3) is 0.571. The highest BCUT2D eigenvalue weighted by atomic mass is 16.5. The van der Waals surface area contributed by atoms with Crippen LogP contribution in [0.2, 0.25) is 0 Å². The lowest BCUT2D eigenvalue weighted by atomic mass is 10.0. The average molecular weight is 279 g/mol. The number of nitrogens with zero attached hydrogens (tertiary/aromatic N) is 2. The van der Waals surface area contributed by atoms with E-state index in [-0.39, 0.29) is 12.0 Å². The molecule has 2 N–H and O–H groups in total. The smallest absolute Gasteiger partial charge is 0.259 e. The highest BCUT2D eigenvalue weighted by Gasteiger charge is 2.36. The molecule has 0 bridgehead atoms. The van der Waals surface area contributed by atoms with Gasteiger partial charge in [-0.3, -0.25) is 4.79 Å². The van der Waals surface area contributed by atoms with Crippen LogP contribution < -0.4 is 10.5 Å². The number of ether oxygens (including phenoxy) is 2. The minimum absolute atomic E-state index is 0.107. The predicted octanol–water partition coefficient (Wildman–Crippen LogP) is 0.668. The normalized spacial score (nSPS) is 21.6. The Bertz CT molecular complexity index is 490. The molecule has 20 heavy (non-hydrogen) atoms. The standard InChI is InChI=1S/C14H21N3O3/c1-14(2)9-17(8-10(7-15)20-14)13(18)11-5-4-6-16-12(11)19-3/h4-6,10H,7-9,15H2,1-3H3. The van der Waals surface area contributed by atoms with Crippen molar-refractivity contribution in [2.24, 2.45) is 5.73 Å². The second-order valence-electron chi connectivity index (χ2n) is 5.48. The van der Waals surface area contributed by atoms with E-state index in [0.717, 1.165) is 0 Å². The van der Waals surface area contributed by atoms with Crippen molar-refractivity contribution in [2.45, 2.75) is 25.6 Å². The molecular formula is C14H21N3O3. The van der Waals surface area contributed by atoms with Crippen LogP contribution in [0, 0.1) is 0 Å². The highest BCUT2D eigenvalue weighted by Crippen LogP contribution is 2.24. The molecule has 0 aliphatic carbocycles. The Morgan fingerprint density at radius 2 is 2.40 bits per heavy atom. The van der Waals surface area contributed by atoms with Crippen molar-refractivity contribution in [3.05, 3.63) is 23.9 Å². The van der Waals surface area contributed by atoms with Crippen LogP contribution in [0.4, 0.5) is 0 Å². The van der Waals surface area contributed by atoms with E-state index in [4.69, 9.17) is 15.2 Å². The monoisotopic (exact) mass is 279 g/mol. The molecule has 1 aromatic heterocycles. The molecule has 1 aliphatic rings.